The first kappa shape index (κ1) is 23.0. The molecule has 0 spiro atoms. The zero-order valence-electron chi connectivity index (χ0n) is 17.5. The molecule has 0 bridgehead atoms. The molecule has 3 N–H and O–H groups in total. The number of benzene rings is 2. The number of H-pyrrole nitrogens is 1. The number of hydrogen-bond donors (Lipinski definition) is 3. The molecule has 0 aliphatic carbocycles. The Morgan fingerprint density at radius 2 is 1.91 bits per heavy atom. The Balaban J connectivity index is 1.53. The number of aromatic nitrogens is 3. The van der Waals surface area contributed by atoms with E-state index in [0.29, 0.717) is 22.9 Å². The average molecular weight is 458 g/mol. The highest BCUT2D eigenvalue weighted by atomic mass is 32.2. The Morgan fingerprint density at radius 1 is 1.12 bits per heavy atom. The van der Waals surface area contributed by atoms with Crippen molar-refractivity contribution >= 4 is 28.0 Å². The first-order valence-electron chi connectivity index (χ1n) is 9.57. The summed E-state index contributed by atoms with van der Waals surface area (Å²) in [6.45, 7) is -0.0725. The molecule has 0 atom stereocenters. The zero-order chi connectivity index (χ0) is 23.0. The largest absolute Gasteiger partial charge is 0.497 e. The van der Waals surface area contributed by atoms with E-state index in [-0.39, 0.29) is 18.9 Å². The van der Waals surface area contributed by atoms with E-state index in [0.717, 1.165) is 11.0 Å². The van der Waals surface area contributed by atoms with Gasteiger partial charge in [-0.3, -0.25) is 15.2 Å². The molecule has 2 aromatic carbocycles. The van der Waals surface area contributed by atoms with Crippen LogP contribution in [0.2, 0.25) is 0 Å². The highest BCUT2D eigenvalue weighted by molar-refractivity contribution is 7.92. The number of hydrogen-bond acceptors (Lipinski definition) is 7. The van der Waals surface area contributed by atoms with Crippen molar-refractivity contribution in [1.82, 2.24) is 19.9 Å². The second-order valence-corrected chi connectivity index (χ2v) is 8.18. The zero-order valence-corrected chi connectivity index (χ0v) is 18.3. The van der Waals surface area contributed by atoms with E-state index in [1.54, 1.807) is 37.4 Å². The number of nitrogens with one attached hydrogen (secondary N) is 3. The van der Waals surface area contributed by atoms with Crippen LogP contribution < -0.4 is 19.5 Å². The Labute approximate surface area is 185 Å². The number of amides is 1. The summed E-state index contributed by atoms with van der Waals surface area (Å²) in [6, 6.07) is 14.2. The molecule has 3 rings (SSSR count). The second-order valence-electron chi connectivity index (χ2n) is 6.52. The average Bonchev–Trinajstić information content (AvgIpc) is 3.26. The normalized spacial score (nSPS) is 11.4. The van der Waals surface area contributed by atoms with Crippen LogP contribution in [-0.2, 0) is 14.8 Å². The van der Waals surface area contributed by atoms with Gasteiger partial charge in [-0.1, -0.05) is 30.3 Å². The van der Waals surface area contributed by atoms with Crippen LogP contribution >= 0.6 is 0 Å². The molecule has 10 nitrogen and oxygen atoms in total. The number of aromatic amines is 1. The molecule has 0 fully saturated rings. The number of carbonyl (C=O) groups is 1. The van der Waals surface area contributed by atoms with E-state index in [1.807, 2.05) is 18.2 Å². The molecule has 11 heteroatoms. The van der Waals surface area contributed by atoms with Crippen LogP contribution in [0.3, 0.4) is 0 Å². The minimum Gasteiger partial charge on any atom is -0.497 e. The summed E-state index contributed by atoms with van der Waals surface area (Å²) in [7, 11) is -0.593. The molecule has 0 aliphatic heterocycles. The van der Waals surface area contributed by atoms with Gasteiger partial charge in [0.15, 0.2) is 5.82 Å². The standard InChI is InChI=1S/C21H23N5O5S/c1-30-16-8-9-17(18(14-16)31-2)20-24-21(26-25-20)23-19(27)10-12-22-32(28,29)13-11-15-6-4-3-5-7-15/h3-9,11,13-14,22H,10,12H2,1-2H3,(H2,23,24,25,26,27)/b13-11+. The summed E-state index contributed by atoms with van der Waals surface area (Å²) in [6.07, 6.45) is 1.39. The molecule has 168 valence electrons. The van der Waals surface area contributed by atoms with Crippen LogP contribution in [-0.4, -0.2) is 50.3 Å². The molecule has 0 saturated heterocycles. The maximum absolute atomic E-state index is 12.1. The third kappa shape index (κ3) is 6.40. The van der Waals surface area contributed by atoms with Crippen molar-refractivity contribution < 1.29 is 22.7 Å². The van der Waals surface area contributed by atoms with Gasteiger partial charge in [0.2, 0.25) is 21.9 Å². The topological polar surface area (TPSA) is 135 Å². The molecule has 0 radical (unpaired) electrons. The maximum Gasteiger partial charge on any atom is 0.249 e. The first-order valence-corrected chi connectivity index (χ1v) is 11.1. The van der Waals surface area contributed by atoms with Crippen LogP contribution in [0.15, 0.2) is 53.9 Å². The SMILES string of the molecule is COc1ccc(-c2nc(NC(=O)CCNS(=O)(=O)/C=C/c3ccccc3)n[nH]2)c(OC)c1. The van der Waals surface area contributed by atoms with Gasteiger partial charge in [0.25, 0.3) is 0 Å². The number of ether oxygens (including phenoxy) is 2. The van der Waals surface area contributed by atoms with Gasteiger partial charge in [-0.15, -0.1) is 5.10 Å². The molecular formula is C21H23N5O5S. The smallest absolute Gasteiger partial charge is 0.249 e. The summed E-state index contributed by atoms with van der Waals surface area (Å²) in [5.74, 6) is 1.17. The highest BCUT2D eigenvalue weighted by Gasteiger charge is 2.14. The summed E-state index contributed by atoms with van der Waals surface area (Å²) in [4.78, 5) is 16.4. The van der Waals surface area contributed by atoms with Gasteiger partial charge >= 0.3 is 0 Å². The van der Waals surface area contributed by atoms with Gasteiger partial charge in [-0.2, -0.15) is 4.98 Å². The van der Waals surface area contributed by atoms with Crippen LogP contribution in [0, 0.1) is 0 Å². The van der Waals surface area contributed by atoms with Crippen LogP contribution in [0.5, 0.6) is 11.5 Å². The fraction of sp³-hybridized carbons (Fsp3) is 0.190. The number of methoxy groups -OCH3 is 2. The fourth-order valence-corrected chi connectivity index (χ4v) is 3.53. The number of sulfonamides is 1. The van der Waals surface area contributed by atoms with Gasteiger partial charge < -0.3 is 9.47 Å². The van der Waals surface area contributed by atoms with Gasteiger partial charge in [0.1, 0.15) is 11.5 Å². The molecule has 1 heterocycles. The highest BCUT2D eigenvalue weighted by Crippen LogP contribution is 2.31. The quantitative estimate of drug-likeness (QED) is 0.425. The van der Waals surface area contributed by atoms with Crippen molar-refractivity contribution in [3.8, 4) is 22.9 Å². The molecule has 1 amide bonds. The lowest BCUT2D eigenvalue weighted by Crippen LogP contribution is -2.26. The molecule has 0 aliphatic rings. The molecule has 3 aromatic rings. The van der Waals surface area contributed by atoms with E-state index in [4.69, 9.17) is 9.47 Å². The molecular weight excluding hydrogens is 434 g/mol. The number of carbonyl (C=O) groups excluding carboxylic acids is 1. The Bertz CT molecular complexity index is 1190. The van der Waals surface area contributed by atoms with E-state index >= 15 is 0 Å². The number of rotatable bonds is 10. The van der Waals surface area contributed by atoms with Crippen molar-refractivity contribution in [2.75, 3.05) is 26.1 Å². The molecule has 0 unspecified atom stereocenters. The summed E-state index contributed by atoms with van der Waals surface area (Å²) in [5, 5.41) is 10.3. The summed E-state index contributed by atoms with van der Waals surface area (Å²) < 4.78 is 36.9. The van der Waals surface area contributed by atoms with Crippen molar-refractivity contribution in [1.29, 1.82) is 0 Å². The van der Waals surface area contributed by atoms with E-state index in [9.17, 15) is 13.2 Å². The Morgan fingerprint density at radius 3 is 2.62 bits per heavy atom. The monoisotopic (exact) mass is 457 g/mol. The minimum atomic E-state index is -3.67. The first-order chi connectivity index (χ1) is 15.4. The number of anilines is 1. The van der Waals surface area contributed by atoms with E-state index in [1.165, 1.54) is 13.2 Å². The third-order valence-corrected chi connectivity index (χ3v) is 5.40. The lowest BCUT2D eigenvalue weighted by Gasteiger charge is -2.07. The predicted molar refractivity (Wildman–Crippen MR) is 121 cm³/mol. The van der Waals surface area contributed by atoms with Crippen LogP contribution in [0.4, 0.5) is 5.95 Å². The van der Waals surface area contributed by atoms with Gasteiger partial charge in [-0.25, -0.2) is 13.1 Å². The third-order valence-electron chi connectivity index (χ3n) is 4.29. The van der Waals surface area contributed by atoms with Crippen molar-refractivity contribution in [2.45, 2.75) is 6.42 Å². The lowest BCUT2D eigenvalue weighted by molar-refractivity contribution is -0.116. The van der Waals surface area contributed by atoms with E-state index < -0.39 is 15.9 Å². The van der Waals surface area contributed by atoms with Crippen molar-refractivity contribution in [3.63, 3.8) is 0 Å². The van der Waals surface area contributed by atoms with Gasteiger partial charge in [-0.05, 0) is 23.8 Å². The summed E-state index contributed by atoms with van der Waals surface area (Å²) in [5.41, 5.74) is 1.39. The molecule has 32 heavy (non-hydrogen) atoms. The Kier molecular flexibility index (Phi) is 7.58. The fourth-order valence-electron chi connectivity index (χ4n) is 2.71. The van der Waals surface area contributed by atoms with Crippen molar-refractivity contribution in [2.24, 2.45) is 0 Å². The van der Waals surface area contributed by atoms with E-state index in [2.05, 4.69) is 25.2 Å². The summed E-state index contributed by atoms with van der Waals surface area (Å²) >= 11 is 0. The molecule has 0 saturated carbocycles. The van der Waals surface area contributed by atoms with Gasteiger partial charge in [0.05, 0.1) is 19.8 Å². The Hall–Kier alpha value is -3.70. The number of nitrogens with zero attached hydrogens (tertiary/aromatic N) is 2. The molecule has 1 aromatic heterocycles. The maximum atomic E-state index is 12.1. The van der Waals surface area contributed by atoms with Crippen LogP contribution in [0.1, 0.15) is 12.0 Å². The van der Waals surface area contributed by atoms with Crippen molar-refractivity contribution in [3.05, 3.63) is 59.5 Å². The minimum absolute atomic E-state index is 0.0645. The lowest BCUT2D eigenvalue weighted by atomic mass is 10.2. The second kappa shape index (κ2) is 10.6. The van der Waals surface area contributed by atoms with Crippen LogP contribution in [0.25, 0.3) is 17.5 Å². The van der Waals surface area contributed by atoms with Gasteiger partial charge in [0, 0.05) is 24.4 Å². The predicted octanol–water partition coefficient (Wildman–Crippen LogP) is 2.41.